The van der Waals surface area contributed by atoms with E-state index in [0.717, 1.165) is 15.1 Å². The topological polar surface area (TPSA) is 63.7 Å². The number of ether oxygens (including phenoxy) is 1. The van der Waals surface area contributed by atoms with Gasteiger partial charge in [0.2, 0.25) is 0 Å². The highest BCUT2D eigenvalue weighted by Crippen LogP contribution is 2.27. The second-order valence-electron chi connectivity index (χ2n) is 5.57. The molecular formula is C19H16ClNO4S. The predicted octanol–water partition coefficient (Wildman–Crippen LogP) is 3.86. The fourth-order valence-electron chi connectivity index (χ4n) is 2.56. The first-order valence-electron chi connectivity index (χ1n) is 7.76. The van der Waals surface area contributed by atoms with Gasteiger partial charge in [-0.1, -0.05) is 41.9 Å². The molecule has 0 spiro atoms. The molecule has 5 nitrogen and oxygen atoms in total. The molecule has 0 atom stereocenters. The van der Waals surface area contributed by atoms with E-state index in [-0.39, 0.29) is 4.90 Å². The molecule has 0 bridgehead atoms. The quantitative estimate of drug-likeness (QED) is 0.621. The Hall–Kier alpha value is -2.57. The molecule has 3 aromatic rings. The fraction of sp³-hybridized carbons (Fsp3) is 0.105. The molecule has 0 aliphatic rings. The summed E-state index contributed by atoms with van der Waals surface area (Å²) in [4.78, 5) is 11.9. The standard InChI is InChI=1S/C19H16ClNO4S/c1-25-19(22)13-21(17-9-7-16(20)8-10-17)26(23,24)18-11-6-14-4-2-3-5-15(14)12-18/h2-12H,13H2,1H3. The zero-order chi connectivity index (χ0) is 18.7. The molecule has 0 aliphatic heterocycles. The summed E-state index contributed by atoms with van der Waals surface area (Å²) in [6.45, 7) is -0.437. The van der Waals surface area contributed by atoms with E-state index in [1.54, 1.807) is 36.4 Å². The molecule has 0 N–H and O–H groups in total. The van der Waals surface area contributed by atoms with E-state index < -0.39 is 22.5 Å². The molecule has 0 saturated carbocycles. The van der Waals surface area contributed by atoms with Gasteiger partial charge in [-0.3, -0.25) is 9.10 Å². The van der Waals surface area contributed by atoms with Crippen molar-refractivity contribution in [3.05, 3.63) is 71.8 Å². The third-order valence-electron chi connectivity index (χ3n) is 3.92. The first-order valence-corrected chi connectivity index (χ1v) is 9.57. The van der Waals surface area contributed by atoms with Crippen LogP contribution in [0.1, 0.15) is 0 Å². The number of hydrogen-bond acceptors (Lipinski definition) is 4. The number of esters is 1. The molecule has 0 saturated heterocycles. The first kappa shape index (κ1) is 18.2. The predicted molar refractivity (Wildman–Crippen MR) is 102 cm³/mol. The van der Waals surface area contributed by atoms with Crippen molar-refractivity contribution in [2.75, 3.05) is 18.0 Å². The van der Waals surface area contributed by atoms with Crippen molar-refractivity contribution in [2.45, 2.75) is 4.90 Å². The van der Waals surface area contributed by atoms with Gasteiger partial charge in [0.25, 0.3) is 10.0 Å². The van der Waals surface area contributed by atoms with E-state index in [9.17, 15) is 13.2 Å². The molecule has 0 radical (unpaired) electrons. The summed E-state index contributed by atoms with van der Waals surface area (Å²) in [6.07, 6.45) is 0. The largest absolute Gasteiger partial charge is 0.468 e. The maximum atomic E-state index is 13.2. The number of methoxy groups -OCH3 is 1. The Morgan fingerprint density at radius 2 is 1.65 bits per heavy atom. The van der Waals surface area contributed by atoms with Crippen molar-refractivity contribution in [3.63, 3.8) is 0 Å². The van der Waals surface area contributed by atoms with Gasteiger partial charge in [0.15, 0.2) is 0 Å². The highest BCUT2D eigenvalue weighted by molar-refractivity contribution is 7.92. The third-order valence-corrected chi connectivity index (χ3v) is 5.95. The number of carbonyl (C=O) groups excluding carboxylic acids is 1. The second-order valence-corrected chi connectivity index (χ2v) is 7.87. The number of halogens is 1. The van der Waals surface area contributed by atoms with E-state index in [0.29, 0.717) is 10.7 Å². The number of fused-ring (bicyclic) bond motifs is 1. The van der Waals surface area contributed by atoms with Gasteiger partial charge in [-0.15, -0.1) is 0 Å². The van der Waals surface area contributed by atoms with Gasteiger partial charge in [0, 0.05) is 5.02 Å². The SMILES string of the molecule is COC(=O)CN(c1ccc(Cl)cc1)S(=O)(=O)c1ccc2ccccc2c1. The lowest BCUT2D eigenvalue weighted by atomic mass is 10.1. The molecule has 0 amide bonds. The van der Waals surface area contributed by atoms with Gasteiger partial charge in [-0.05, 0) is 47.2 Å². The van der Waals surface area contributed by atoms with Crippen molar-refractivity contribution in [1.29, 1.82) is 0 Å². The Bertz CT molecular complexity index is 1050. The van der Waals surface area contributed by atoms with Crippen molar-refractivity contribution in [2.24, 2.45) is 0 Å². The van der Waals surface area contributed by atoms with Gasteiger partial charge in [-0.2, -0.15) is 0 Å². The van der Waals surface area contributed by atoms with Crippen LogP contribution in [0.5, 0.6) is 0 Å². The number of rotatable bonds is 5. The molecule has 7 heteroatoms. The molecule has 0 unspecified atom stereocenters. The number of anilines is 1. The van der Waals surface area contributed by atoms with E-state index in [1.165, 1.54) is 13.2 Å². The lowest BCUT2D eigenvalue weighted by Gasteiger charge is -2.23. The highest BCUT2D eigenvalue weighted by Gasteiger charge is 2.27. The van der Waals surface area contributed by atoms with Crippen LogP contribution in [0.3, 0.4) is 0 Å². The van der Waals surface area contributed by atoms with E-state index in [2.05, 4.69) is 4.74 Å². The Balaban J connectivity index is 2.10. The summed E-state index contributed by atoms with van der Waals surface area (Å²) in [7, 11) is -2.76. The molecule has 0 aliphatic carbocycles. The third kappa shape index (κ3) is 3.66. The normalized spacial score (nSPS) is 11.3. The van der Waals surface area contributed by atoms with Crippen LogP contribution in [0.2, 0.25) is 5.02 Å². The van der Waals surface area contributed by atoms with Crippen molar-refractivity contribution < 1.29 is 17.9 Å². The summed E-state index contributed by atoms with van der Waals surface area (Å²) in [5.41, 5.74) is 0.327. The van der Waals surface area contributed by atoms with E-state index >= 15 is 0 Å². The molecule has 3 aromatic carbocycles. The lowest BCUT2D eigenvalue weighted by molar-refractivity contribution is -0.138. The Kier molecular flexibility index (Phi) is 5.15. The number of nitrogens with zero attached hydrogens (tertiary/aromatic N) is 1. The highest BCUT2D eigenvalue weighted by atomic mass is 35.5. The zero-order valence-corrected chi connectivity index (χ0v) is 15.5. The first-order chi connectivity index (χ1) is 12.4. The minimum atomic E-state index is -3.97. The molecule has 3 rings (SSSR count). The van der Waals surface area contributed by atoms with Crippen LogP contribution in [-0.2, 0) is 19.6 Å². The Morgan fingerprint density at radius 1 is 1.00 bits per heavy atom. The van der Waals surface area contributed by atoms with Crippen molar-refractivity contribution in [1.82, 2.24) is 0 Å². The van der Waals surface area contributed by atoms with Crippen LogP contribution in [0.4, 0.5) is 5.69 Å². The monoisotopic (exact) mass is 389 g/mol. The van der Waals surface area contributed by atoms with Crippen molar-refractivity contribution >= 4 is 44.1 Å². The minimum Gasteiger partial charge on any atom is -0.468 e. The van der Waals surface area contributed by atoms with Gasteiger partial charge in [0.05, 0.1) is 17.7 Å². The number of benzene rings is 3. The summed E-state index contributed by atoms with van der Waals surface area (Å²) in [5, 5.41) is 2.19. The molecule has 0 fully saturated rings. The maximum Gasteiger partial charge on any atom is 0.326 e. The second kappa shape index (κ2) is 7.35. The van der Waals surface area contributed by atoms with Crippen LogP contribution < -0.4 is 4.31 Å². The summed E-state index contributed by atoms with van der Waals surface area (Å²) in [6, 6.07) is 18.5. The molecule has 0 heterocycles. The van der Waals surface area contributed by atoms with Crippen LogP contribution in [0.25, 0.3) is 10.8 Å². The van der Waals surface area contributed by atoms with Gasteiger partial charge < -0.3 is 4.74 Å². The van der Waals surface area contributed by atoms with E-state index in [4.69, 9.17) is 11.6 Å². The smallest absolute Gasteiger partial charge is 0.326 e. The fourth-order valence-corrected chi connectivity index (χ4v) is 4.13. The van der Waals surface area contributed by atoms with Crippen molar-refractivity contribution in [3.8, 4) is 0 Å². The van der Waals surface area contributed by atoms with Gasteiger partial charge in [-0.25, -0.2) is 8.42 Å². The maximum absolute atomic E-state index is 13.2. The van der Waals surface area contributed by atoms with Gasteiger partial charge in [0.1, 0.15) is 6.54 Å². The summed E-state index contributed by atoms with van der Waals surface area (Å²) < 4.78 is 32.1. The number of carbonyl (C=O) groups is 1. The van der Waals surface area contributed by atoms with Crippen LogP contribution in [-0.4, -0.2) is 28.0 Å². The lowest BCUT2D eigenvalue weighted by Crippen LogP contribution is -2.36. The van der Waals surface area contributed by atoms with Gasteiger partial charge >= 0.3 is 5.97 Å². The Morgan fingerprint density at radius 3 is 2.31 bits per heavy atom. The number of hydrogen-bond donors (Lipinski definition) is 0. The zero-order valence-electron chi connectivity index (χ0n) is 13.9. The molecule has 26 heavy (non-hydrogen) atoms. The van der Waals surface area contributed by atoms with Crippen LogP contribution in [0.15, 0.2) is 71.6 Å². The number of sulfonamides is 1. The average Bonchev–Trinajstić information content (AvgIpc) is 2.66. The summed E-state index contributed by atoms with van der Waals surface area (Å²) >= 11 is 5.89. The van der Waals surface area contributed by atoms with Crippen LogP contribution >= 0.6 is 11.6 Å². The molecule has 0 aromatic heterocycles. The Labute approximate surface area is 156 Å². The summed E-state index contributed by atoms with van der Waals surface area (Å²) in [5.74, 6) is -0.663. The molecular weight excluding hydrogens is 374 g/mol. The van der Waals surface area contributed by atoms with Crippen LogP contribution in [0, 0.1) is 0 Å². The van der Waals surface area contributed by atoms with E-state index in [1.807, 2.05) is 24.3 Å². The minimum absolute atomic E-state index is 0.0926. The molecule has 134 valence electrons. The average molecular weight is 390 g/mol.